The molecule has 0 aliphatic heterocycles. The standard InChI is InChI=1S/C9H6BrN3/c10-8-3-7(4-12-5-8)9-1-2-11-6-13-9/h1-6H. The smallest absolute Gasteiger partial charge is 0.116 e. The van der Waals surface area contributed by atoms with E-state index in [1.165, 1.54) is 6.33 Å². The molecular formula is C9H6BrN3. The quantitative estimate of drug-likeness (QED) is 0.762. The van der Waals surface area contributed by atoms with Gasteiger partial charge in [0.15, 0.2) is 0 Å². The molecular weight excluding hydrogens is 230 g/mol. The van der Waals surface area contributed by atoms with Gasteiger partial charge in [-0.05, 0) is 28.1 Å². The SMILES string of the molecule is Brc1cncc(-c2ccncn2)c1. The Morgan fingerprint density at radius 1 is 1.15 bits per heavy atom. The van der Waals surface area contributed by atoms with E-state index in [0.717, 1.165) is 15.7 Å². The van der Waals surface area contributed by atoms with Crippen molar-refractivity contribution in [1.82, 2.24) is 15.0 Å². The van der Waals surface area contributed by atoms with Crippen molar-refractivity contribution in [3.63, 3.8) is 0 Å². The molecule has 2 aromatic heterocycles. The molecule has 0 atom stereocenters. The average molecular weight is 236 g/mol. The van der Waals surface area contributed by atoms with E-state index in [0.29, 0.717) is 0 Å². The van der Waals surface area contributed by atoms with Gasteiger partial charge in [-0.25, -0.2) is 9.97 Å². The molecule has 4 heteroatoms. The van der Waals surface area contributed by atoms with E-state index in [9.17, 15) is 0 Å². The second kappa shape index (κ2) is 3.62. The van der Waals surface area contributed by atoms with Crippen LogP contribution in [0.15, 0.2) is 41.5 Å². The Bertz CT molecular complexity index is 403. The third kappa shape index (κ3) is 1.89. The molecule has 2 rings (SSSR count). The maximum atomic E-state index is 4.12. The number of pyridine rings is 1. The molecule has 0 bridgehead atoms. The zero-order valence-corrected chi connectivity index (χ0v) is 8.27. The van der Waals surface area contributed by atoms with Crippen LogP contribution in [0.3, 0.4) is 0 Å². The first kappa shape index (κ1) is 8.31. The highest BCUT2D eigenvalue weighted by atomic mass is 79.9. The first-order valence-electron chi connectivity index (χ1n) is 3.73. The molecule has 0 aromatic carbocycles. The molecule has 2 heterocycles. The van der Waals surface area contributed by atoms with E-state index in [1.54, 1.807) is 18.6 Å². The molecule has 3 nitrogen and oxygen atoms in total. The van der Waals surface area contributed by atoms with Crippen LogP contribution in [0.1, 0.15) is 0 Å². The Hall–Kier alpha value is -1.29. The fourth-order valence-corrected chi connectivity index (χ4v) is 1.38. The lowest BCUT2D eigenvalue weighted by atomic mass is 10.2. The van der Waals surface area contributed by atoms with Gasteiger partial charge in [0.2, 0.25) is 0 Å². The number of halogens is 1. The highest BCUT2D eigenvalue weighted by Gasteiger charge is 1.98. The van der Waals surface area contributed by atoms with Gasteiger partial charge in [0.05, 0.1) is 5.69 Å². The normalized spacial score (nSPS) is 9.92. The fraction of sp³-hybridized carbons (Fsp3) is 0. The predicted octanol–water partition coefficient (Wildman–Crippen LogP) is 2.30. The topological polar surface area (TPSA) is 38.7 Å². The van der Waals surface area contributed by atoms with Crippen molar-refractivity contribution < 1.29 is 0 Å². The third-order valence-corrected chi connectivity index (χ3v) is 2.02. The molecule has 0 saturated carbocycles. The molecule has 0 amide bonds. The van der Waals surface area contributed by atoms with Crippen molar-refractivity contribution >= 4 is 15.9 Å². The molecule has 13 heavy (non-hydrogen) atoms. The zero-order chi connectivity index (χ0) is 9.10. The monoisotopic (exact) mass is 235 g/mol. The van der Waals surface area contributed by atoms with Gasteiger partial charge in [-0.15, -0.1) is 0 Å². The van der Waals surface area contributed by atoms with Gasteiger partial charge in [-0.1, -0.05) is 0 Å². The van der Waals surface area contributed by atoms with Gasteiger partial charge < -0.3 is 0 Å². The lowest BCUT2D eigenvalue weighted by molar-refractivity contribution is 1.16. The van der Waals surface area contributed by atoms with Crippen LogP contribution in [-0.4, -0.2) is 15.0 Å². The Morgan fingerprint density at radius 2 is 2.08 bits per heavy atom. The summed E-state index contributed by atoms with van der Waals surface area (Å²) in [6.07, 6.45) is 6.75. The van der Waals surface area contributed by atoms with E-state index >= 15 is 0 Å². The van der Waals surface area contributed by atoms with Gasteiger partial charge in [-0.3, -0.25) is 4.98 Å². The molecule has 64 valence electrons. The van der Waals surface area contributed by atoms with Crippen molar-refractivity contribution in [1.29, 1.82) is 0 Å². The number of rotatable bonds is 1. The van der Waals surface area contributed by atoms with Crippen LogP contribution in [0, 0.1) is 0 Å². The summed E-state index contributed by atoms with van der Waals surface area (Å²) in [6.45, 7) is 0. The summed E-state index contributed by atoms with van der Waals surface area (Å²) in [4.78, 5) is 12.0. The molecule has 0 fully saturated rings. The Labute approximate surface area is 84.0 Å². The highest BCUT2D eigenvalue weighted by molar-refractivity contribution is 9.10. The van der Waals surface area contributed by atoms with Gasteiger partial charge in [0, 0.05) is 28.6 Å². The van der Waals surface area contributed by atoms with Crippen molar-refractivity contribution in [2.45, 2.75) is 0 Å². The summed E-state index contributed by atoms with van der Waals surface area (Å²) in [6, 6.07) is 3.82. The Kier molecular flexibility index (Phi) is 2.31. The van der Waals surface area contributed by atoms with Gasteiger partial charge >= 0.3 is 0 Å². The van der Waals surface area contributed by atoms with E-state index in [1.807, 2.05) is 12.1 Å². The van der Waals surface area contributed by atoms with E-state index in [4.69, 9.17) is 0 Å². The van der Waals surface area contributed by atoms with E-state index in [-0.39, 0.29) is 0 Å². The second-order valence-corrected chi connectivity index (χ2v) is 3.40. The zero-order valence-electron chi connectivity index (χ0n) is 6.68. The Morgan fingerprint density at radius 3 is 2.77 bits per heavy atom. The largest absolute Gasteiger partial charge is 0.263 e. The minimum Gasteiger partial charge on any atom is -0.263 e. The van der Waals surface area contributed by atoms with Crippen molar-refractivity contribution in [3.8, 4) is 11.3 Å². The van der Waals surface area contributed by atoms with Crippen molar-refractivity contribution in [3.05, 3.63) is 41.5 Å². The predicted molar refractivity (Wildman–Crippen MR) is 53.0 cm³/mol. The Balaban J connectivity index is 2.48. The summed E-state index contributed by atoms with van der Waals surface area (Å²) in [5.41, 5.74) is 1.86. The molecule has 0 aliphatic carbocycles. The van der Waals surface area contributed by atoms with E-state index in [2.05, 4.69) is 30.9 Å². The van der Waals surface area contributed by atoms with Crippen LogP contribution in [0.4, 0.5) is 0 Å². The van der Waals surface area contributed by atoms with Crippen LogP contribution >= 0.6 is 15.9 Å². The highest BCUT2D eigenvalue weighted by Crippen LogP contribution is 2.18. The summed E-state index contributed by atoms with van der Waals surface area (Å²) in [5, 5.41) is 0. The molecule has 0 unspecified atom stereocenters. The van der Waals surface area contributed by atoms with Crippen molar-refractivity contribution in [2.75, 3.05) is 0 Å². The van der Waals surface area contributed by atoms with Crippen LogP contribution in [0.5, 0.6) is 0 Å². The van der Waals surface area contributed by atoms with Crippen LogP contribution < -0.4 is 0 Å². The number of hydrogen-bond donors (Lipinski definition) is 0. The minimum absolute atomic E-state index is 0.879. The first-order chi connectivity index (χ1) is 6.36. The van der Waals surface area contributed by atoms with Crippen molar-refractivity contribution in [2.24, 2.45) is 0 Å². The number of hydrogen-bond acceptors (Lipinski definition) is 3. The first-order valence-corrected chi connectivity index (χ1v) is 4.52. The maximum Gasteiger partial charge on any atom is 0.116 e. The lowest BCUT2D eigenvalue weighted by Gasteiger charge is -1.98. The van der Waals surface area contributed by atoms with Gasteiger partial charge in [0.25, 0.3) is 0 Å². The fourth-order valence-electron chi connectivity index (χ4n) is 1.01. The molecule has 0 N–H and O–H groups in total. The van der Waals surface area contributed by atoms with E-state index < -0.39 is 0 Å². The van der Waals surface area contributed by atoms with Crippen LogP contribution in [0.25, 0.3) is 11.3 Å². The summed E-state index contributed by atoms with van der Waals surface area (Å²) >= 11 is 3.35. The minimum atomic E-state index is 0.879. The summed E-state index contributed by atoms with van der Waals surface area (Å²) in [5.74, 6) is 0. The van der Waals surface area contributed by atoms with Crippen LogP contribution in [-0.2, 0) is 0 Å². The van der Waals surface area contributed by atoms with Crippen LogP contribution in [0.2, 0.25) is 0 Å². The lowest BCUT2D eigenvalue weighted by Crippen LogP contribution is -1.84. The second-order valence-electron chi connectivity index (χ2n) is 2.49. The molecule has 0 radical (unpaired) electrons. The molecule has 0 spiro atoms. The van der Waals surface area contributed by atoms with Gasteiger partial charge in [-0.2, -0.15) is 0 Å². The molecule has 0 aliphatic rings. The summed E-state index contributed by atoms with van der Waals surface area (Å²) < 4.78 is 0.948. The maximum absolute atomic E-state index is 4.12. The number of nitrogens with zero attached hydrogens (tertiary/aromatic N) is 3. The summed E-state index contributed by atoms with van der Waals surface area (Å²) in [7, 11) is 0. The average Bonchev–Trinajstić information content (AvgIpc) is 2.19. The third-order valence-electron chi connectivity index (χ3n) is 1.58. The van der Waals surface area contributed by atoms with Gasteiger partial charge in [0.1, 0.15) is 6.33 Å². The number of aromatic nitrogens is 3. The molecule has 2 aromatic rings. The molecule has 0 saturated heterocycles.